The summed E-state index contributed by atoms with van der Waals surface area (Å²) >= 11 is 0. The Hall–Kier alpha value is -2.11. The Morgan fingerprint density at radius 3 is 2.78 bits per heavy atom. The zero-order valence-corrected chi connectivity index (χ0v) is 13.3. The molecule has 0 saturated carbocycles. The predicted octanol–water partition coefficient (Wildman–Crippen LogP) is 2.51. The van der Waals surface area contributed by atoms with Crippen LogP contribution in [0, 0.1) is 17.7 Å². The van der Waals surface area contributed by atoms with Crippen LogP contribution in [0.3, 0.4) is 0 Å². The summed E-state index contributed by atoms with van der Waals surface area (Å²) in [7, 11) is 0. The Kier molecular flexibility index (Phi) is 5.96. The molecule has 6 heteroatoms. The molecule has 1 heterocycles. The molecule has 2 N–H and O–H groups in total. The maximum Gasteiger partial charge on any atom is 0.317 e. The summed E-state index contributed by atoms with van der Waals surface area (Å²) < 4.78 is 13.5. The van der Waals surface area contributed by atoms with Gasteiger partial charge in [-0.1, -0.05) is 25.1 Å². The molecule has 2 atom stereocenters. The summed E-state index contributed by atoms with van der Waals surface area (Å²) in [4.78, 5) is 24.8. The van der Waals surface area contributed by atoms with Gasteiger partial charge in [-0.05, 0) is 36.8 Å². The largest absolute Gasteiger partial charge is 0.481 e. The first-order valence-corrected chi connectivity index (χ1v) is 7.96. The van der Waals surface area contributed by atoms with Crippen LogP contribution in [-0.2, 0) is 11.2 Å². The van der Waals surface area contributed by atoms with Gasteiger partial charge in [0.25, 0.3) is 0 Å². The monoisotopic (exact) mass is 322 g/mol. The highest BCUT2D eigenvalue weighted by molar-refractivity contribution is 5.76. The highest BCUT2D eigenvalue weighted by Crippen LogP contribution is 2.21. The van der Waals surface area contributed by atoms with E-state index in [0.29, 0.717) is 37.9 Å². The first kappa shape index (κ1) is 17.2. The molecule has 5 nitrogen and oxygen atoms in total. The van der Waals surface area contributed by atoms with E-state index in [1.165, 1.54) is 6.07 Å². The maximum absolute atomic E-state index is 13.5. The molecule has 1 aromatic carbocycles. The van der Waals surface area contributed by atoms with Crippen molar-refractivity contribution in [3.63, 3.8) is 0 Å². The van der Waals surface area contributed by atoms with E-state index in [4.69, 9.17) is 5.11 Å². The van der Waals surface area contributed by atoms with Gasteiger partial charge in [0, 0.05) is 19.6 Å². The number of likely N-dealkylation sites (tertiary alicyclic amines) is 1. The van der Waals surface area contributed by atoms with E-state index in [9.17, 15) is 14.0 Å². The quantitative estimate of drug-likeness (QED) is 0.818. The van der Waals surface area contributed by atoms with Crippen LogP contribution in [0.1, 0.15) is 25.3 Å². The summed E-state index contributed by atoms with van der Waals surface area (Å²) in [5.74, 6) is -1.40. The van der Waals surface area contributed by atoms with E-state index in [-0.39, 0.29) is 24.3 Å². The topological polar surface area (TPSA) is 69.6 Å². The third kappa shape index (κ3) is 4.94. The first-order chi connectivity index (χ1) is 11.0. The Labute approximate surface area is 135 Å². The molecule has 1 saturated heterocycles. The van der Waals surface area contributed by atoms with Crippen molar-refractivity contribution in [2.24, 2.45) is 11.8 Å². The number of aliphatic carboxylic acids is 1. The van der Waals surface area contributed by atoms with Gasteiger partial charge in [-0.3, -0.25) is 4.79 Å². The third-order valence-corrected chi connectivity index (χ3v) is 4.15. The minimum Gasteiger partial charge on any atom is -0.481 e. The summed E-state index contributed by atoms with van der Waals surface area (Å²) in [6.45, 7) is 3.21. The molecule has 2 rings (SSSR count). The lowest BCUT2D eigenvalue weighted by atomic mass is 9.91. The second-order valence-corrected chi connectivity index (χ2v) is 6.21. The lowest BCUT2D eigenvalue weighted by molar-refractivity contribution is -0.143. The van der Waals surface area contributed by atoms with Crippen LogP contribution in [0.4, 0.5) is 9.18 Å². The number of hydrogen-bond acceptors (Lipinski definition) is 2. The van der Waals surface area contributed by atoms with Crippen molar-refractivity contribution in [3.05, 3.63) is 35.6 Å². The second kappa shape index (κ2) is 7.94. The van der Waals surface area contributed by atoms with Gasteiger partial charge in [-0.15, -0.1) is 0 Å². The Morgan fingerprint density at radius 1 is 1.35 bits per heavy atom. The molecule has 0 spiro atoms. The minimum absolute atomic E-state index is 0.175. The van der Waals surface area contributed by atoms with Gasteiger partial charge in [0.15, 0.2) is 0 Å². The van der Waals surface area contributed by atoms with Gasteiger partial charge in [0.05, 0.1) is 5.92 Å². The SMILES string of the molecule is CC1CC(C(=O)O)CN(C(=O)NCCCc2ccccc2F)C1. The average Bonchev–Trinajstić information content (AvgIpc) is 2.52. The fourth-order valence-electron chi connectivity index (χ4n) is 2.98. The molecule has 1 aliphatic heterocycles. The number of nitrogens with zero attached hydrogens (tertiary/aromatic N) is 1. The van der Waals surface area contributed by atoms with Crippen LogP contribution in [0.25, 0.3) is 0 Å². The zero-order chi connectivity index (χ0) is 16.8. The molecule has 126 valence electrons. The Balaban J connectivity index is 1.76. The predicted molar refractivity (Wildman–Crippen MR) is 84.6 cm³/mol. The second-order valence-electron chi connectivity index (χ2n) is 6.21. The minimum atomic E-state index is -0.853. The number of nitrogens with one attached hydrogen (secondary N) is 1. The molecule has 0 bridgehead atoms. The van der Waals surface area contributed by atoms with E-state index in [2.05, 4.69) is 5.32 Å². The lowest BCUT2D eigenvalue weighted by Gasteiger charge is -2.34. The van der Waals surface area contributed by atoms with E-state index in [0.717, 1.165) is 0 Å². The number of urea groups is 1. The number of halogens is 1. The number of benzene rings is 1. The van der Waals surface area contributed by atoms with Crippen LogP contribution in [0.2, 0.25) is 0 Å². The molecule has 1 fully saturated rings. The van der Waals surface area contributed by atoms with Crippen molar-refractivity contribution < 1.29 is 19.1 Å². The van der Waals surface area contributed by atoms with Gasteiger partial charge in [0.1, 0.15) is 5.82 Å². The lowest BCUT2D eigenvalue weighted by Crippen LogP contribution is -2.49. The fraction of sp³-hybridized carbons (Fsp3) is 0.529. The van der Waals surface area contributed by atoms with Gasteiger partial charge in [0.2, 0.25) is 0 Å². The molecular weight excluding hydrogens is 299 g/mol. The van der Waals surface area contributed by atoms with Crippen molar-refractivity contribution in [1.82, 2.24) is 10.2 Å². The van der Waals surface area contributed by atoms with Crippen molar-refractivity contribution in [2.75, 3.05) is 19.6 Å². The van der Waals surface area contributed by atoms with Gasteiger partial charge < -0.3 is 15.3 Å². The zero-order valence-electron chi connectivity index (χ0n) is 13.3. The van der Waals surface area contributed by atoms with E-state index < -0.39 is 11.9 Å². The van der Waals surface area contributed by atoms with Crippen molar-refractivity contribution in [1.29, 1.82) is 0 Å². The summed E-state index contributed by atoms with van der Waals surface area (Å²) in [6, 6.07) is 6.36. The van der Waals surface area contributed by atoms with Gasteiger partial charge in [-0.25, -0.2) is 9.18 Å². The smallest absolute Gasteiger partial charge is 0.317 e. The van der Waals surface area contributed by atoms with Gasteiger partial charge in [-0.2, -0.15) is 0 Å². The molecule has 1 aliphatic rings. The maximum atomic E-state index is 13.5. The molecule has 0 aromatic heterocycles. The fourth-order valence-corrected chi connectivity index (χ4v) is 2.98. The average molecular weight is 322 g/mol. The number of rotatable bonds is 5. The van der Waals surface area contributed by atoms with Crippen molar-refractivity contribution in [3.8, 4) is 0 Å². The van der Waals surface area contributed by atoms with Crippen molar-refractivity contribution in [2.45, 2.75) is 26.2 Å². The number of amides is 2. The third-order valence-electron chi connectivity index (χ3n) is 4.15. The molecule has 1 aromatic rings. The van der Waals surface area contributed by atoms with Crippen LogP contribution >= 0.6 is 0 Å². The number of piperidine rings is 1. The first-order valence-electron chi connectivity index (χ1n) is 7.96. The number of carboxylic acids is 1. The molecule has 0 aliphatic carbocycles. The van der Waals surface area contributed by atoms with Crippen molar-refractivity contribution >= 4 is 12.0 Å². The molecule has 0 radical (unpaired) electrons. The Bertz CT molecular complexity index is 565. The van der Waals surface area contributed by atoms with Gasteiger partial charge >= 0.3 is 12.0 Å². The number of carbonyl (C=O) groups excluding carboxylic acids is 1. The molecule has 23 heavy (non-hydrogen) atoms. The van der Waals surface area contributed by atoms with Crippen LogP contribution < -0.4 is 5.32 Å². The van der Waals surface area contributed by atoms with E-state index in [1.54, 1.807) is 23.1 Å². The molecule has 2 unspecified atom stereocenters. The summed E-state index contributed by atoms with van der Waals surface area (Å²) in [5, 5.41) is 11.9. The number of aryl methyl sites for hydroxylation is 1. The number of hydrogen-bond donors (Lipinski definition) is 2. The molecule has 2 amide bonds. The van der Waals surface area contributed by atoms with Crippen LogP contribution in [-0.4, -0.2) is 41.6 Å². The highest BCUT2D eigenvalue weighted by Gasteiger charge is 2.31. The van der Waals surface area contributed by atoms with E-state index in [1.807, 2.05) is 6.92 Å². The Morgan fingerprint density at radius 2 is 2.09 bits per heavy atom. The summed E-state index contributed by atoms with van der Waals surface area (Å²) in [5.41, 5.74) is 0.638. The normalized spacial score (nSPS) is 21.0. The summed E-state index contributed by atoms with van der Waals surface area (Å²) in [6.07, 6.45) is 1.80. The highest BCUT2D eigenvalue weighted by atomic mass is 19.1. The van der Waals surface area contributed by atoms with Crippen LogP contribution in [0.5, 0.6) is 0 Å². The molecular formula is C17H23FN2O3. The van der Waals surface area contributed by atoms with E-state index >= 15 is 0 Å². The number of carbonyl (C=O) groups is 2. The van der Waals surface area contributed by atoms with Crippen LogP contribution in [0.15, 0.2) is 24.3 Å². The standard InChI is InChI=1S/C17H23FN2O3/c1-12-9-14(16(21)22)11-20(10-12)17(23)19-8-4-6-13-5-2-3-7-15(13)18/h2-3,5,7,12,14H,4,6,8-11H2,1H3,(H,19,23)(H,21,22). The number of carboxylic acid groups (broad SMARTS) is 1.